The molecule has 1 unspecified atom stereocenters. The van der Waals surface area contributed by atoms with Gasteiger partial charge in [0.25, 0.3) is 0 Å². The van der Waals surface area contributed by atoms with Crippen LogP contribution in [0.4, 0.5) is 11.8 Å². The van der Waals surface area contributed by atoms with Crippen molar-refractivity contribution in [2.24, 2.45) is 0 Å². The van der Waals surface area contributed by atoms with E-state index < -0.39 is 0 Å². The molecular formula is C18H27N7. The second-order valence-corrected chi connectivity index (χ2v) is 7.61. The Labute approximate surface area is 148 Å². The van der Waals surface area contributed by atoms with Crippen molar-refractivity contribution in [2.75, 3.05) is 44.9 Å². The quantitative estimate of drug-likeness (QED) is 0.832. The Hall–Kier alpha value is -2.15. The first kappa shape index (κ1) is 16.3. The smallest absolute Gasteiger partial charge is 0.227 e. The van der Waals surface area contributed by atoms with Crippen LogP contribution in [0.3, 0.4) is 0 Å². The number of rotatable bonds is 6. The molecule has 4 rings (SSSR count). The molecule has 1 saturated carbocycles. The molecule has 0 radical (unpaired) electrons. The summed E-state index contributed by atoms with van der Waals surface area (Å²) >= 11 is 0. The van der Waals surface area contributed by atoms with E-state index in [1.165, 1.54) is 18.5 Å². The molecule has 0 spiro atoms. The van der Waals surface area contributed by atoms with Crippen molar-refractivity contribution in [2.45, 2.75) is 37.5 Å². The molecule has 0 saturated heterocycles. The van der Waals surface area contributed by atoms with Crippen molar-refractivity contribution in [3.05, 3.63) is 28.7 Å². The fourth-order valence-corrected chi connectivity index (χ4v) is 3.57. The number of hydrogen-bond acceptors (Lipinski definition) is 6. The highest BCUT2D eigenvalue weighted by Crippen LogP contribution is 2.43. The number of hydrogen-bond donors (Lipinski definition) is 2. The summed E-state index contributed by atoms with van der Waals surface area (Å²) in [6.07, 6.45) is 4.49. The largest absolute Gasteiger partial charge is 0.383 e. The highest BCUT2D eigenvalue weighted by Gasteiger charge is 2.33. The standard InChI is InChI=1S/C18H27N7/c1-24(2)8-9-25(3)18-20-13-7-6-12(16(13)17(19)21-18)15-10-14(22-23-15)11-4-5-11/h10-12H,4-9H2,1-3H3,(H,22,23)(H2,19,20,21). The van der Waals surface area contributed by atoms with Crippen LogP contribution in [-0.2, 0) is 6.42 Å². The van der Waals surface area contributed by atoms with Crippen LogP contribution in [0.25, 0.3) is 0 Å². The molecule has 25 heavy (non-hydrogen) atoms. The molecular weight excluding hydrogens is 314 g/mol. The molecule has 7 nitrogen and oxygen atoms in total. The third-order valence-corrected chi connectivity index (χ3v) is 5.28. The minimum absolute atomic E-state index is 0.222. The van der Waals surface area contributed by atoms with Crippen LogP contribution < -0.4 is 10.6 Å². The average Bonchev–Trinajstić information content (AvgIpc) is 3.15. The van der Waals surface area contributed by atoms with Crippen LogP contribution >= 0.6 is 0 Å². The Bertz CT molecular complexity index is 763. The number of likely N-dealkylation sites (N-methyl/N-ethyl adjacent to an activating group) is 2. The van der Waals surface area contributed by atoms with Gasteiger partial charge in [-0.05, 0) is 45.8 Å². The fourth-order valence-electron chi connectivity index (χ4n) is 3.57. The lowest BCUT2D eigenvalue weighted by molar-refractivity contribution is 0.415. The second kappa shape index (κ2) is 6.29. The first-order chi connectivity index (χ1) is 12.0. The minimum Gasteiger partial charge on any atom is -0.383 e. The summed E-state index contributed by atoms with van der Waals surface area (Å²) in [5.41, 5.74) is 10.9. The highest BCUT2D eigenvalue weighted by atomic mass is 15.3. The van der Waals surface area contributed by atoms with E-state index in [1.54, 1.807) is 0 Å². The van der Waals surface area contributed by atoms with Gasteiger partial charge in [0, 0.05) is 43.2 Å². The molecule has 1 fully saturated rings. The van der Waals surface area contributed by atoms with Gasteiger partial charge in [0.1, 0.15) is 5.82 Å². The molecule has 0 bridgehead atoms. The van der Waals surface area contributed by atoms with Crippen molar-refractivity contribution >= 4 is 11.8 Å². The van der Waals surface area contributed by atoms with E-state index in [0.29, 0.717) is 11.7 Å². The molecule has 2 aromatic heterocycles. The summed E-state index contributed by atoms with van der Waals surface area (Å²) in [5.74, 6) is 2.23. The van der Waals surface area contributed by atoms with Crippen LogP contribution in [0.5, 0.6) is 0 Å². The molecule has 7 heteroatoms. The summed E-state index contributed by atoms with van der Waals surface area (Å²) in [5, 5.41) is 7.76. The maximum atomic E-state index is 6.35. The number of nitrogens with one attached hydrogen (secondary N) is 1. The zero-order chi connectivity index (χ0) is 17.6. The monoisotopic (exact) mass is 341 g/mol. The van der Waals surface area contributed by atoms with Crippen LogP contribution in [0.1, 0.15) is 53.7 Å². The summed E-state index contributed by atoms with van der Waals surface area (Å²) in [7, 11) is 6.15. The predicted octanol–water partition coefficient (Wildman–Crippen LogP) is 1.74. The Balaban J connectivity index is 1.57. The van der Waals surface area contributed by atoms with Crippen LogP contribution in [0, 0.1) is 0 Å². The average molecular weight is 341 g/mol. The lowest BCUT2D eigenvalue weighted by atomic mass is 9.98. The molecule has 3 N–H and O–H groups in total. The Morgan fingerprint density at radius 1 is 1.16 bits per heavy atom. The van der Waals surface area contributed by atoms with Crippen LogP contribution in [0.2, 0.25) is 0 Å². The molecule has 2 aliphatic rings. The fraction of sp³-hybridized carbons (Fsp3) is 0.611. The number of H-pyrrole nitrogens is 1. The van der Waals surface area contributed by atoms with E-state index in [4.69, 9.17) is 10.7 Å². The third-order valence-electron chi connectivity index (χ3n) is 5.28. The SMILES string of the molecule is CN(C)CCN(C)c1nc(N)c2c(n1)CCC2c1cc(C2CC2)[nH]n1. The number of aromatic amines is 1. The van der Waals surface area contributed by atoms with Gasteiger partial charge >= 0.3 is 0 Å². The zero-order valence-corrected chi connectivity index (χ0v) is 15.3. The molecule has 2 aliphatic carbocycles. The second-order valence-electron chi connectivity index (χ2n) is 7.61. The Morgan fingerprint density at radius 3 is 2.68 bits per heavy atom. The Morgan fingerprint density at radius 2 is 1.96 bits per heavy atom. The lowest BCUT2D eigenvalue weighted by Crippen LogP contribution is -2.30. The third kappa shape index (κ3) is 3.20. The van der Waals surface area contributed by atoms with Crippen LogP contribution in [0.15, 0.2) is 6.07 Å². The molecule has 0 amide bonds. The normalized spacial score (nSPS) is 19.4. The van der Waals surface area contributed by atoms with Gasteiger partial charge in [-0.15, -0.1) is 0 Å². The topological polar surface area (TPSA) is 87.0 Å². The van der Waals surface area contributed by atoms with Gasteiger partial charge < -0.3 is 15.5 Å². The molecule has 1 atom stereocenters. The van der Waals surface area contributed by atoms with Crippen molar-refractivity contribution in [1.82, 2.24) is 25.1 Å². The van der Waals surface area contributed by atoms with Gasteiger partial charge in [0.05, 0.1) is 11.4 Å². The van der Waals surface area contributed by atoms with E-state index in [1.807, 2.05) is 7.05 Å². The molecule has 134 valence electrons. The maximum absolute atomic E-state index is 6.35. The number of anilines is 2. The minimum atomic E-state index is 0.222. The highest BCUT2D eigenvalue weighted by molar-refractivity contribution is 5.54. The number of nitrogens with zero attached hydrogens (tertiary/aromatic N) is 5. The van der Waals surface area contributed by atoms with Gasteiger partial charge in [0.15, 0.2) is 0 Å². The van der Waals surface area contributed by atoms with Crippen molar-refractivity contribution in [1.29, 1.82) is 0 Å². The zero-order valence-electron chi connectivity index (χ0n) is 15.3. The van der Waals surface area contributed by atoms with E-state index in [0.717, 1.165) is 48.8 Å². The van der Waals surface area contributed by atoms with E-state index >= 15 is 0 Å². The van der Waals surface area contributed by atoms with Gasteiger partial charge in [-0.2, -0.15) is 10.1 Å². The summed E-state index contributed by atoms with van der Waals surface area (Å²) in [6, 6.07) is 2.22. The van der Waals surface area contributed by atoms with Gasteiger partial charge in [-0.1, -0.05) is 0 Å². The number of aryl methyl sites for hydroxylation is 1. The number of fused-ring (bicyclic) bond motifs is 1. The van der Waals surface area contributed by atoms with E-state index in [-0.39, 0.29) is 5.92 Å². The first-order valence-corrected chi connectivity index (χ1v) is 9.10. The molecule has 2 heterocycles. The summed E-state index contributed by atoms with van der Waals surface area (Å²) in [4.78, 5) is 13.6. The number of aromatic nitrogens is 4. The van der Waals surface area contributed by atoms with E-state index in [2.05, 4.69) is 45.1 Å². The van der Waals surface area contributed by atoms with Crippen molar-refractivity contribution < 1.29 is 0 Å². The molecule has 2 aromatic rings. The van der Waals surface area contributed by atoms with Gasteiger partial charge in [-0.3, -0.25) is 5.10 Å². The number of nitrogens with two attached hydrogens (primary N) is 1. The lowest BCUT2D eigenvalue weighted by Gasteiger charge is -2.21. The molecule has 0 aliphatic heterocycles. The molecule has 0 aromatic carbocycles. The first-order valence-electron chi connectivity index (χ1n) is 9.10. The van der Waals surface area contributed by atoms with E-state index in [9.17, 15) is 0 Å². The number of nitrogen functional groups attached to an aromatic ring is 1. The van der Waals surface area contributed by atoms with Crippen molar-refractivity contribution in [3.63, 3.8) is 0 Å². The van der Waals surface area contributed by atoms with Gasteiger partial charge in [0.2, 0.25) is 5.95 Å². The van der Waals surface area contributed by atoms with Crippen LogP contribution in [-0.4, -0.2) is 59.3 Å². The Kier molecular flexibility index (Phi) is 4.11. The maximum Gasteiger partial charge on any atom is 0.227 e. The van der Waals surface area contributed by atoms with Gasteiger partial charge in [-0.25, -0.2) is 4.98 Å². The van der Waals surface area contributed by atoms with Crippen molar-refractivity contribution in [3.8, 4) is 0 Å². The summed E-state index contributed by atoms with van der Waals surface area (Å²) < 4.78 is 0. The predicted molar refractivity (Wildman–Crippen MR) is 99.0 cm³/mol. The summed E-state index contributed by atoms with van der Waals surface area (Å²) in [6.45, 7) is 1.83.